The Morgan fingerprint density at radius 3 is 2.50 bits per heavy atom. The lowest BCUT2D eigenvalue weighted by Gasteiger charge is -2.31. The molecular weight excluding hydrogens is 282 g/mol. The predicted molar refractivity (Wildman–Crippen MR) is 84.3 cm³/mol. The molecule has 2 rings (SSSR count). The van der Waals surface area contributed by atoms with Gasteiger partial charge >= 0.3 is 12.0 Å². The van der Waals surface area contributed by atoms with Crippen LogP contribution >= 0.6 is 0 Å². The van der Waals surface area contributed by atoms with Gasteiger partial charge in [0.05, 0.1) is 18.2 Å². The van der Waals surface area contributed by atoms with E-state index >= 15 is 0 Å². The summed E-state index contributed by atoms with van der Waals surface area (Å²) >= 11 is 0. The molecule has 1 saturated heterocycles. The van der Waals surface area contributed by atoms with Crippen LogP contribution in [-0.2, 0) is 9.53 Å². The van der Waals surface area contributed by atoms with E-state index in [1.807, 2.05) is 6.92 Å². The lowest BCUT2D eigenvalue weighted by molar-refractivity contribution is -0.139. The summed E-state index contributed by atoms with van der Waals surface area (Å²) in [5.41, 5.74) is 1.23. The Morgan fingerprint density at radius 2 is 1.86 bits per heavy atom. The molecule has 22 heavy (non-hydrogen) atoms. The van der Waals surface area contributed by atoms with Crippen molar-refractivity contribution in [3.05, 3.63) is 11.3 Å². The topological polar surface area (TPSA) is 70.7 Å². The van der Waals surface area contributed by atoms with Gasteiger partial charge in [-0.2, -0.15) is 0 Å². The van der Waals surface area contributed by atoms with Gasteiger partial charge in [-0.05, 0) is 39.8 Å². The maximum atomic E-state index is 12.2. The zero-order chi connectivity index (χ0) is 15.9. The zero-order valence-electron chi connectivity index (χ0n) is 13.6. The number of rotatable bonds is 4. The van der Waals surface area contributed by atoms with Gasteiger partial charge < -0.3 is 15.4 Å². The first-order chi connectivity index (χ1) is 10.6. The second-order valence-corrected chi connectivity index (χ2v) is 5.98. The van der Waals surface area contributed by atoms with Crippen LogP contribution in [0.1, 0.15) is 46.0 Å². The number of nitrogens with one attached hydrogen (secondary N) is 2. The monoisotopic (exact) mass is 309 g/mol. The maximum Gasteiger partial charge on any atom is 0.337 e. The molecule has 0 spiro atoms. The average Bonchev–Trinajstić information content (AvgIpc) is 2.41. The second-order valence-electron chi connectivity index (χ2n) is 5.98. The Balaban J connectivity index is 2.15. The van der Waals surface area contributed by atoms with E-state index in [1.54, 1.807) is 6.92 Å². The van der Waals surface area contributed by atoms with Gasteiger partial charge in [0, 0.05) is 12.2 Å². The van der Waals surface area contributed by atoms with E-state index < -0.39 is 0 Å². The standard InChI is InChI=1S/C16H27N3O3/c1-3-22-15(20)14-12(2)17-16(21)18-13(14)11-19-9-7-5-4-6-8-10-19/h12H,3-11H2,1-2H3,(H2,17,18,21)/t12-/m0/s1. The Morgan fingerprint density at radius 1 is 1.23 bits per heavy atom. The summed E-state index contributed by atoms with van der Waals surface area (Å²) in [5.74, 6) is -0.343. The normalized spacial score (nSPS) is 24.1. The summed E-state index contributed by atoms with van der Waals surface area (Å²) in [6, 6.07) is -0.569. The van der Waals surface area contributed by atoms with Crippen molar-refractivity contribution in [1.29, 1.82) is 0 Å². The molecule has 0 unspecified atom stereocenters. The number of urea groups is 1. The van der Waals surface area contributed by atoms with Crippen molar-refractivity contribution in [2.75, 3.05) is 26.2 Å². The number of likely N-dealkylation sites (tertiary alicyclic amines) is 1. The number of amides is 2. The third-order valence-electron chi connectivity index (χ3n) is 4.20. The molecule has 0 aromatic carbocycles. The molecule has 1 fully saturated rings. The van der Waals surface area contributed by atoms with Crippen LogP contribution in [0.4, 0.5) is 4.79 Å². The third-order valence-corrected chi connectivity index (χ3v) is 4.20. The average molecular weight is 309 g/mol. The van der Waals surface area contributed by atoms with Gasteiger partial charge in [-0.1, -0.05) is 19.3 Å². The van der Waals surface area contributed by atoms with Gasteiger partial charge in [0.1, 0.15) is 0 Å². The highest BCUT2D eigenvalue weighted by molar-refractivity contribution is 5.94. The van der Waals surface area contributed by atoms with Gasteiger partial charge in [0.15, 0.2) is 0 Å². The molecule has 2 heterocycles. The van der Waals surface area contributed by atoms with E-state index in [9.17, 15) is 9.59 Å². The molecular formula is C16H27N3O3. The Kier molecular flexibility index (Phi) is 6.24. The van der Waals surface area contributed by atoms with E-state index in [-0.39, 0.29) is 18.0 Å². The van der Waals surface area contributed by atoms with Crippen LogP contribution in [0, 0.1) is 0 Å². The van der Waals surface area contributed by atoms with E-state index in [0.717, 1.165) is 13.1 Å². The summed E-state index contributed by atoms with van der Waals surface area (Å²) in [5, 5.41) is 5.54. The summed E-state index contributed by atoms with van der Waals surface area (Å²) in [6.45, 7) is 6.56. The SMILES string of the molecule is CCOC(=O)C1=C(CN2CCCCCCC2)NC(=O)N[C@H]1C. The molecule has 0 aromatic rings. The van der Waals surface area contributed by atoms with Gasteiger partial charge in [0.25, 0.3) is 0 Å². The molecule has 6 heteroatoms. The summed E-state index contributed by atoms with van der Waals surface area (Å²) in [4.78, 5) is 26.3. The molecule has 0 aromatic heterocycles. The largest absolute Gasteiger partial charge is 0.463 e. The molecule has 2 amide bonds. The van der Waals surface area contributed by atoms with Crippen molar-refractivity contribution in [2.24, 2.45) is 0 Å². The van der Waals surface area contributed by atoms with E-state index in [1.165, 1.54) is 32.1 Å². The molecule has 6 nitrogen and oxygen atoms in total. The smallest absolute Gasteiger partial charge is 0.337 e. The molecule has 2 N–H and O–H groups in total. The molecule has 0 saturated carbocycles. The van der Waals surface area contributed by atoms with Crippen LogP contribution < -0.4 is 10.6 Å². The van der Waals surface area contributed by atoms with Crippen LogP contribution in [-0.4, -0.2) is 49.2 Å². The molecule has 0 radical (unpaired) electrons. The van der Waals surface area contributed by atoms with Crippen molar-refractivity contribution in [3.8, 4) is 0 Å². The van der Waals surface area contributed by atoms with Crippen molar-refractivity contribution in [1.82, 2.24) is 15.5 Å². The maximum absolute atomic E-state index is 12.2. The van der Waals surface area contributed by atoms with Gasteiger partial charge in [0.2, 0.25) is 0 Å². The highest BCUT2D eigenvalue weighted by Crippen LogP contribution is 2.17. The number of hydrogen-bond acceptors (Lipinski definition) is 4. The number of nitrogens with zero attached hydrogens (tertiary/aromatic N) is 1. The highest BCUT2D eigenvalue weighted by atomic mass is 16.5. The fourth-order valence-corrected chi connectivity index (χ4v) is 3.10. The Bertz CT molecular complexity index is 440. The van der Waals surface area contributed by atoms with Crippen LogP contribution in [0.2, 0.25) is 0 Å². The summed E-state index contributed by atoms with van der Waals surface area (Å²) in [6.07, 6.45) is 6.16. The van der Waals surface area contributed by atoms with E-state index in [2.05, 4.69) is 15.5 Å². The lowest BCUT2D eigenvalue weighted by atomic mass is 10.0. The quantitative estimate of drug-likeness (QED) is 0.777. The number of hydrogen-bond donors (Lipinski definition) is 2. The lowest BCUT2D eigenvalue weighted by Crippen LogP contribution is -2.51. The molecule has 2 aliphatic heterocycles. The Labute approximate surface area is 132 Å². The molecule has 1 atom stereocenters. The van der Waals surface area contributed by atoms with Gasteiger partial charge in [-0.3, -0.25) is 4.90 Å². The molecule has 2 aliphatic rings. The van der Waals surface area contributed by atoms with Gasteiger partial charge in [-0.25, -0.2) is 9.59 Å². The predicted octanol–water partition coefficient (Wildman–Crippen LogP) is 1.77. The van der Waals surface area contributed by atoms with Crippen molar-refractivity contribution in [2.45, 2.75) is 52.0 Å². The molecule has 0 aliphatic carbocycles. The van der Waals surface area contributed by atoms with Crippen molar-refractivity contribution >= 4 is 12.0 Å². The minimum Gasteiger partial charge on any atom is -0.463 e. The van der Waals surface area contributed by atoms with Crippen LogP contribution in [0.5, 0.6) is 0 Å². The van der Waals surface area contributed by atoms with E-state index in [0.29, 0.717) is 24.4 Å². The van der Waals surface area contributed by atoms with Crippen molar-refractivity contribution < 1.29 is 14.3 Å². The zero-order valence-corrected chi connectivity index (χ0v) is 13.6. The minimum absolute atomic E-state index is 0.248. The number of carbonyl (C=O) groups excluding carboxylic acids is 2. The second kappa shape index (κ2) is 8.17. The van der Waals surface area contributed by atoms with Crippen molar-refractivity contribution in [3.63, 3.8) is 0 Å². The first-order valence-electron chi connectivity index (χ1n) is 8.32. The first-order valence-corrected chi connectivity index (χ1v) is 8.32. The van der Waals surface area contributed by atoms with Crippen LogP contribution in [0.25, 0.3) is 0 Å². The van der Waals surface area contributed by atoms with Gasteiger partial charge in [-0.15, -0.1) is 0 Å². The highest BCUT2D eigenvalue weighted by Gasteiger charge is 2.30. The molecule has 0 bridgehead atoms. The summed E-state index contributed by atoms with van der Waals surface area (Å²) in [7, 11) is 0. The third kappa shape index (κ3) is 4.47. The van der Waals surface area contributed by atoms with E-state index in [4.69, 9.17) is 4.74 Å². The summed E-state index contributed by atoms with van der Waals surface area (Å²) < 4.78 is 5.14. The Hall–Kier alpha value is -1.56. The first kappa shape index (κ1) is 16.8. The molecule has 124 valence electrons. The fraction of sp³-hybridized carbons (Fsp3) is 0.750. The van der Waals surface area contributed by atoms with Crippen LogP contribution in [0.3, 0.4) is 0 Å². The van der Waals surface area contributed by atoms with Crippen LogP contribution in [0.15, 0.2) is 11.3 Å². The number of esters is 1. The number of ether oxygens (including phenoxy) is 1. The number of carbonyl (C=O) groups is 2. The minimum atomic E-state index is -0.343. The fourth-order valence-electron chi connectivity index (χ4n) is 3.10.